The smallest absolute Gasteiger partial charge is 0.242 e. The number of methoxy groups -OCH3 is 1. The summed E-state index contributed by atoms with van der Waals surface area (Å²) < 4.78 is 28.4. The summed E-state index contributed by atoms with van der Waals surface area (Å²) in [5.41, 5.74) is 2.87. The summed E-state index contributed by atoms with van der Waals surface area (Å²) in [6.07, 6.45) is 5.80. The van der Waals surface area contributed by atoms with Gasteiger partial charge in [-0.05, 0) is 51.8 Å². The van der Waals surface area contributed by atoms with Crippen molar-refractivity contribution in [2.45, 2.75) is 51.9 Å². The summed E-state index contributed by atoms with van der Waals surface area (Å²) >= 11 is 0. The minimum atomic E-state index is -0.586. The van der Waals surface area contributed by atoms with E-state index in [0.29, 0.717) is 35.1 Å². The van der Waals surface area contributed by atoms with Crippen molar-refractivity contribution in [3.05, 3.63) is 42.2 Å². The number of hydrogen-bond acceptors (Lipinski definition) is 9. The van der Waals surface area contributed by atoms with E-state index < -0.39 is 5.82 Å². The minimum Gasteiger partial charge on any atom is -0.479 e. The fraction of sp³-hybridized carbons (Fsp3) is 0.423. The third-order valence-corrected chi connectivity index (χ3v) is 6.92. The lowest BCUT2D eigenvalue weighted by Crippen LogP contribution is -2.42. The van der Waals surface area contributed by atoms with Gasteiger partial charge < -0.3 is 24.3 Å². The van der Waals surface area contributed by atoms with Crippen molar-refractivity contribution in [1.29, 1.82) is 0 Å². The predicted octanol–water partition coefficient (Wildman–Crippen LogP) is 4.43. The van der Waals surface area contributed by atoms with Crippen LogP contribution in [0.1, 0.15) is 38.6 Å². The fourth-order valence-corrected chi connectivity index (χ4v) is 5.29. The largest absolute Gasteiger partial charge is 0.479 e. The normalized spacial score (nSPS) is 19.1. The highest BCUT2D eigenvalue weighted by molar-refractivity contribution is 5.85. The van der Waals surface area contributed by atoms with Crippen LogP contribution in [0.4, 0.5) is 21.8 Å². The molecular formula is C26H29FN8O2. The van der Waals surface area contributed by atoms with Gasteiger partial charge in [-0.25, -0.2) is 29.3 Å². The number of aryl methyl sites for hydroxylation is 1. The molecule has 6 heterocycles. The second kappa shape index (κ2) is 9.22. The molecule has 0 aromatic carbocycles. The Bertz CT molecular complexity index is 1440. The van der Waals surface area contributed by atoms with Gasteiger partial charge in [0.25, 0.3) is 0 Å². The third kappa shape index (κ3) is 4.33. The molecule has 0 amide bonds. The molecule has 10 nitrogen and oxygen atoms in total. The molecule has 4 aromatic heterocycles. The van der Waals surface area contributed by atoms with E-state index in [4.69, 9.17) is 9.47 Å². The van der Waals surface area contributed by atoms with Crippen LogP contribution in [-0.4, -0.2) is 61.9 Å². The van der Waals surface area contributed by atoms with Crippen molar-refractivity contribution >= 4 is 28.5 Å². The number of nitrogens with zero attached hydrogens (tertiary/aromatic N) is 7. The van der Waals surface area contributed by atoms with Gasteiger partial charge >= 0.3 is 0 Å². The lowest BCUT2D eigenvalue weighted by molar-refractivity contribution is 0.0305. The Balaban J connectivity index is 1.29. The summed E-state index contributed by atoms with van der Waals surface area (Å²) in [4.78, 5) is 24.5. The van der Waals surface area contributed by atoms with Crippen LogP contribution in [0, 0.1) is 12.7 Å². The molecule has 37 heavy (non-hydrogen) atoms. The number of morpholine rings is 1. The van der Waals surface area contributed by atoms with Crippen LogP contribution < -0.4 is 15.0 Å². The zero-order valence-corrected chi connectivity index (χ0v) is 21.3. The monoisotopic (exact) mass is 504 g/mol. The van der Waals surface area contributed by atoms with Crippen molar-refractivity contribution in [2.24, 2.45) is 0 Å². The Kier molecular flexibility index (Phi) is 5.86. The molecule has 2 aliphatic heterocycles. The molecule has 0 aliphatic carbocycles. The molecule has 2 saturated heterocycles. The van der Waals surface area contributed by atoms with Crippen LogP contribution in [0.3, 0.4) is 0 Å². The Labute approximate surface area is 213 Å². The number of anilines is 3. The van der Waals surface area contributed by atoms with Gasteiger partial charge in [0.15, 0.2) is 11.3 Å². The number of imidazole rings is 1. The van der Waals surface area contributed by atoms with Gasteiger partial charge in [-0.3, -0.25) is 0 Å². The first-order valence-corrected chi connectivity index (χ1v) is 12.5. The molecule has 2 atom stereocenters. The Morgan fingerprint density at radius 2 is 1.86 bits per heavy atom. The Morgan fingerprint density at radius 1 is 1.08 bits per heavy atom. The van der Waals surface area contributed by atoms with Crippen LogP contribution in [0.25, 0.3) is 22.4 Å². The Morgan fingerprint density at radius 3 is 2.54 bits per heavy atom. The van der Waals surface area contributed by atoms with Crippen molar-refractivity contribution in [3.8, 4) is 17.3 Å². The highest BCUT2D eigenvalue weighted by atomic mass is 19.1. The van der Waals surface area contributed by atoms with E-state index in [2.05, 4.69) is 53.6 Å². The van der Waals surface area contributed by atoms with Gasteiger partial charge in [0, 0.05) is 19.1 Å². The van der Waals surface area contributed by atoms with E-state index in [1.165, 1.54) is 7.11 Å². The molecule has 11 heteroatoms. The van der Waals surface area contributed by atoms with Gasteiger partial charge in [-0.2, -0.15) is 0 Å². The molecule has 4 aromatic rings. The molecule has 2 aliphatic rings. The molecule has 2 unspecified atom stereocenters. The minimum absolute atomic E-state index is 0.0623. The molecule has 192 valence electrons. The molecule has 2 bridgehead atoms. The first-order valence-electron chi connectivity index (χ1n) is 12.5. The van der Waals surface area contributed by atoms with Crippen molar-refractivity contribution in [3.63, 3.8) is 0 Å². The van der Waals surface area contributed by atoms with E-state index in [1.807, 2.05) is 25.3 Å². The van der Waals surface area contributed by atoms with Crippen LogP contribution in [-0.2, 0) is 4.74 Å². The SMILES string of the molecule is COc1nc(-c2nc(Nc3ccc(N4CC5CCC(C4)O5)cn3)ncc2F)cc2c1nc(C)n2C(C)C. The van der Waals surface area contributed by atoms with E-state index in [1.54, 1.807) is 6.07 Å². The lowest BCUT2D eigenvalue weighted by atomic mass is 10.2. The summed E-state index contributed by atoms with van der Waals surface area (Å²) in [5, 5.41) is 3.08. The topological polar surface area (TPSA) is 103 Å². The highest BCUT2D eigenvalue weighted by Gasteiger charge is 2.33. The average Bonchev–Trinajstić information content (AvgIpc) is 3.41. The van der Waals surface area contributed by atoms with E-state index in [0.717, 1.165) is 49.2 Å². The van der Waals surface area contributed by atoms with Crippen LogP contribution in [0.2, 0.25) is 0 Å². The fourth-order valence-electron chi connectivity index (χ4n) is 5.29. The quantitative estimate of drug-likeness (QED) is 0.408. The first-order chi connectivity index (χ1) is 17.9. The van der Waals surface area contributed by atoms with Gasteiger partial charge in [-0.15, -0.1) is 0 Å². The highest BCUT2D eigenvalue weighted by Crippen LogP contribution is 2.32. The van der Waals surface area contributed by atoms with Gasteiger partial charge in [0.05, 0.1) is 48.6 Å². The molecule has 0 spiro atoms. The second-order valence-corrected chi connectivity index (χ2v) is 9.79. The summed E-state index contributed by atoms with van der Waals surface area (Å²) in [7, 11) is 1.52. The van der Waals surface area contributed by atoms with Gasteiger partial charge in [0.1, 0.15) is 17.3 Å². The lowest BCUT2D eigenvalue weighted by Gasteiger charge is -2.33. The third-order valence-electron chi connectivity index (χ3n) is 6.92. The zero-order valence-electron chi connectivity index (χ0n) is 21.3. The maximum absolute atomic E-state index is 14.9. The maximum atomic E-state index is 14.9. The van der Waals surface area contributed by atoms with Crippen molar-refractivity contribution < 1.29 is 13.9 Å². The zero-order chi connectivity index (χ0) is 25.7. The van der Waals surface area contributed by atoms with Gasteiger partial charge in [0.2, 0.25) is 11.8 Å². The molecule has 6 rings (SSSR count). The number of aromatic nitrogens is 6. The molecule has 2 fully saturated rings. The molecule has 1 N–H and O–H groups in total. The van der Waals surface area contributed by atoms with Gasteiger partial charge in [-0.1, -0.05) is 0 Å². The standard InChI is InChI=1S/C26H29FN8O2/c1-14(2)35-15(3)30-24-21(35)9-20(31-25(24)36-4)23-19(27)11-29-26(33-23)32-22-8-5-16(10-28-22)34-12-17-6-7-18(13-34)37-17/h5,8-11,14,17-18H,6-7,12-13H2,1-4H3,(H,28,29,32,33). The van der Waals surface area contributed by atoms with E-state index in [9.17, 15) is 4.39 Å². The number of pyridine rings is 2. The first kappa shape index (κ1) is 23.5. The summed E-state index contributed by atoms with van der Waals surface area (Å²) in [5.74, 6) is 1.34. The molecular weight excluding hydrogens is 475 g/mol. The number of ether oxygens (including phenoxy) is 2. The Hall–Kier alpha value is -3.86. The number of hydrogen-bond donors (Lipinski definition) is 1. The van der Waals surface area contributed by atoms with Crippen molar-refractivity contribution in [2.75, 3.05) is 30.4 Å². The number of rotatable bonds is 6. The van der Waals surface area contributed by atoms with Crippen LogP contribution in [0.15, 0.2) is 30.6 Å². The molecule has 0 radical (unpaired) electrons. The maximum Gasteiger partial charge on any atom is 0.242 e. The number of fused-ring (bicyclic) bond motifs is 3. The number of nitrogens with one attached hydrogen (secondary N) is 1. The average molecular weight is 505 g/mol. The van der Waals surface area contributed by atoms with Crippen LogP contribution >= 0.6 is 0 Å². The van der Waals surface area contributed by atoms with E-state index in [-0.39, 0.29) is 17.7 Å². The molecule has 0 saturated carbocycles. The number of halogens is 1. The van der Waals surface area contributed by atoms with E-state index >= 15 is 0 Å². The van der Waals surface area contributed by atoms with Crippen molar-refractivity contribution in [1.82, 2.24) is 29.5 Å². The summed E-state index contributed by atoms with van der Waals surface area (Å²) in [6, 6.07) is 5.82. The second-order valence-electron chi connectivity index (χ2n) is 9.79. The van der Waals surface area contributed by atoms with Crippen LogP contribution in [0.5, 0.6) is 5.88 Å². The predicted molar refractivity (Wildman–Crippen MR) is 138 cm³/mol. The summed E-state index contributed by atoms with van der Waals surface area (Å²) in [6.45, 7) is 7.82.